The molecule has 28 heavy (non-hydrogen) atoms. The summed E-state index contributed by atoms with van der Waals surface area (Å²) in [6.45, 7) is 0. The summed E-state index contributed by atoms with van der Waals surface area (Å²) in [7, 11) is 0. The van der Waals surface area contributed by atoms with E-state index in [1.54, 1.807) is 12.1 Å². The van der Waals surface area contributed by atoms with Gasteiger partial charge in [-0.1, -0.05) is 130 Å². The Kier molecular flexibility index (Phi) is 8.52. The molecule has 0 aromatic heterocycles. The maximum Gasteiger partial charge on any atom is 0.0705 e. The van der Waals surface area contributed by atoms with E-state index in [-0.39, 0.29) is 0 Å². The van der Waals surface area contributed by atoms with Gasteiger partial charge in [0, 0.05) is 47.5 Å². The predicted octanol–water partition coefficient (Wildman–Crippen LogP) is 11.2. The van der Waals surface area contributed by atoms with Crippen molar-refractivity contribution in [2.75, 3.05) is 0 Å². The molecule has 145 valence electrons. The van der Waals surface area contributed by atoms with E-state index < -0.39 is 0 Å². The van der Waals surface area contributed by atoms with E-state index in [4.69, 9.17) is 34.8 Å². The molecule has 0 bridgehead atoms. The van der Waals surface area contributed by atoms with Crippen LogP contribution in [0.5, 0.6) is 0 Å². The minimum absolute atomic E-state index is 0.455. The third kappa shape index (κ3) is 5.07. The van der Waals surface area contributed by atoms with Crippen LogP contribution < -0.4 is 0 Å². The lowest BCUT2D eigenvalue weighted by molar-refractivity contribution is 1.18. The largest absolute Gasteiger partial charge is 0.0842 e. The Morgan fingerprint density at radius 1 is 0.500 bits per heavy atom. The molecule has 0 amide bonds. The summed E-state index contributed by atoms with van der Waals surface area (Å²) in [5.74, 6) is 0.837. The van der Waals surface area contributed by atoms with Crippen LogP contribution in [-0.4, -0.2) is 0 Å². The van der Waals surface area contributed by atoms with Gasteiger partial charge in [-0.05, 0) is 47.5 Å². The highest BCUT2D eigenvalue weighted by molar-refractivity contribution is 9.12. The van der Waals surface area contributed by atoms with Crippen molar-refractivity contribution in [3.63, 3.8) is 0 Å². The van der Waals surface area contributed by atoms with E-state index in [2.05, 4.69) is 95.6 Å². The molecular formula is C19H6Br6Cl3. The van der Waals surface area contributed by atoms with Crippen molar-refractivity contribution in [2.24, 2.45) is 0 Å². The number of benzene rings is 3. The standard InChI is InChI=1S/C19H6Br6Cl3/c20-7-1-10(22)16(11(23)2-7)19(17-12(24)3-8(21)4-13(17)25)18-14(27)5-9(26)6-15(18)28/h1-6H. The molecule has 0 saturated carbocycles. The van der Waals surface area contributed by atoms with Gasteiger partial charge >= 0.3 is 0 Å². The van der Waals surface area contributed by atoms with Gasteiger partial charge in [-0.3, -0.25) is 0 Å². The highest BCUT2D eigenvalue weighted by atomic mass is 79.9. The topological polar surface area (TPSA) is 0 Å². The van der Waals surface area contributed by atoms with Gasteiger partial charge in [0.05, 0.1) is 5.92 Å². The number of hydrogen-bond donors (Lipinski definition) is 0. The van der Waals surface area contributed by atoms with Crippen molar-refractivity contribution in [3.8, 4) is 0 Å². The summed E-state index contributed by atoms with van der Waals surface area (Å²) in [5, 5.41) is 1.38. The van der Waals surface area contributed by atoms with Gasteiger partial charge in [0.2, 0.25) is 0 Å². The lowest BCUT2D eigenvalue weighted by Crippen LogP contribution is -2.10. The highest BCUT2D eigenvalue weighted by Gasteiger charge is 2.31. The van der Waals surface area contributed by atoms with Crippen LogP contribution in [-0.2, 0) is 0 Å². The molecule has 0 saturated heterocycles. The first kappa shape index (κ1) is 24.1. The molecule has 0 spiro atoms. The first-order valence-electron chi connectivity index (χ1n) is 7.41. The van der Waals surface area contributed by atoms with Gasteiger partial charge in [-0.15, -0.1) is 0 Å². The van der Waals surface area contributed by atoms with Crippen LogP contribution in [0.2, 0.25) is 15.1 Å². The Bertz CT molecular complexity index is 878. The van der Waals surface area contributed by atoms with Crippen molar-refractivity contribution in [3.05, 3.63) is 101 Å². The average molecular weight is 820 g/mol. The Morgan fingerprint density at radius 3 is 1.14 bits per heavy atom. The van der Waals surface area contributed by atoms with Crippen LogP contribution in [0.4, 0.5) is 0 Å². The van der Waals surface area contributed by atoms with Crippen LogP contribution in [0.3, 0.4) is 0 Å². The fraction of sp³-hybridized carbons (Fsp3) is 0. The van der Waals surface area contributed by atoms with E-state index >= 15 is 0 Å². The summed E-state index contributed by atoms with van der Waals surface area (Å²) >= 11 is 41.2. The van der Waals surface area contributed by atoms with Crippen molar-refractivity contribution >= 4 is 130 Å². The molecule has 0 atom stereocenters. The van der Waals surface area contributed by atoms with Gasteiger partial charge in [-0.25, -0.2) is 0 Å². The van der Waals surface area contributed by atoms with Crippen molar-refractivity contribution in [2.45, 2.75) is 0 Å². The minimum atomic E-state index is 0.455. The van der Waals surface area contributed by atoms with Gasteiger partial charge < -0.3 is 0 Å². The van der Waals surface area contributed by atoms with E-state index in [1.165, 1.54) is 0 Å². The summed E-state index contributed by atoms with van der Waals surface area (Å²) < 4.78 is 5.33. The molecule has 0 unspecified atom stereocenters. The van der Waals surface area contributed by atoms with E-state index in [1.807, 2.05) is 24.3 Å². The third-order valence-electron chi connectivity index (χ3n) is 3.77. The zero-order valence-electron chi connectivity index (χ0n) is 13.4. The van der Waals surface area contributed by atoms with Crippen molar-refractivity contribution in [1.82, 2.24) is 0 Å². The molecule has 0 fully saturated rings. The molecule has 0 aliphatic rings. The summed E-state index contributed by atoms with van der Waals surface area (Å²) in [4.78, 5) is 0. The molecule has 3 aromatic rings. The molecule has 0 aliphatic carbocycles. The zero-order valence-corrected chi connectivity index (χ0v) is 25.1. The van der Waals surface area contributed by atoms with Crippen LogP contribution in [0, 0.1) is 5.92 Å². The zero-order chi connectivity index (χ0) is 20.7. The molecule has 0 heterocycles. The number of hydrogen-bond acceptors (Lipinski definition) is 0. The maximum atomic E-state index is 6.63. The maximum absolute atomic E-state index is 6.63. The second kappa shape index (κ2) is 9.91. The fourth-order valence-electron chi connectivity index (χ4n) is 2.72. The van der Waals surface area contributed by atoms with Crippen molar-refractivity contribution < 1.29 is 0 Å². The van der Waals surface area contributed by atoms with E-state index in [0.29, 0.717) is 20.6 Å². The first-order valence-corrected chi connectivity index (χ1v) is 13.3. The lowest BCUT2D eigenvalue weighted by atomic mass is 9.85. The Labute approximate surface area is 228 Å². The van der Waals surface area contributed by atoms with Gasteiger partial charge in [0.1, 0.15) is 0 Å². The van der Waals surface area contributed by atoms with E-state index in [9.17, 15) is 0 Å². The lowest BCUT2D eigenvalue weighted by Gasteiger charge is -2.25. The summed E-state index contributed by atoms with van der Waals surface area (Å²) in [6, 6.07) is 11.3. The van der Waals surface area contributed by atoms with Gasteiger partial charge in [0.15, 0.2) is 0 Å². The van der Waals surface area contributed by atoms with Crippen molar-refractivity contribution in [1.29, 1.82) is 0 Å². The molecule has 9 heteroatoms. The SMILES string of the molecule is Clc1cc(Cl)c([C](c2c(Br)cc(Br)cc2Br)c2c(Br)cc(Br)cc2Br)c(Cl)c1. The molecule has 0 nitrogen and oxygen atoms in total. The smallest absolute Gasteiger partial charge is 0.0705 e. The molecule has 0 aliphatic heterocycles. The molecular weight excluding hydrogens is 814 g/mol. The summed E-state index contributed by atoms with van der Waals surface area (Å²) in [5.41, 5.74) is 2.48. The monoisotopic (exact) mass is 812 g/mol. The second-order valence-electron chi connectivity index (χ2n) is 5.61. The van der Waals surface area contributed by atoms with Crippen LogP contribution in [0.1, 0.15) is 16.7 Å². The minimum Gasteiger partial charge on any atom is -0.0842 e. The third-order valence-corrected chi connectivity index (χ3v) is 8.00. The van der Waals surface area contributed by atoms with Crippen LogP contribution >= 0.6 is 130 Å². The second-order valence-corrected chi connectivity index (χ2v) is 12.1. The quantitative estimate of drug-likeness (QED) is 0.231. The average Bonchev–Trinajstić information content (AvgIpc) is 2.51. The Morgan fingerprint density at radius 2 is 0.821 bits per heavy atom. The Hall–Kier alpha value is 1.41. The number of rotatable bonds is 3. The molecule has 3 aromatic carbocycles. The van der Waals surface area contributed by atoms with Crippen LogP contribution in [0.15, 0.2) is 63.2 Å². The summed E-state index contributed by atoms with van der Waals surface area (Å²) in [6.07, 6.45) is 0. The Balaban J connectivity index is 2.45. The first-order chi connectivity index (χ1) is 13.1. The molecule has 3 rings (SSSR count). The van der Waals surface area contributed by atoms with E-state index in [0.717, 1.165) is 43.9 Å². The van der Waals surface area contributed by atoms with Gasteiger partial charge in [0.25, 0.3) is 0 Å². The molecule has 1 radical (unpaired) electrons. The predicted molar refractivity (Wildman–Crippen MR) is 141 cm³/mol. The number of halogens is 9. The molecule has 0 N–H and O–H groups in total. The fourth-order valence-corrected chi connectivity index (χ4v) is 9.03. The normalized spacial score (nSPS) is 11.4. The van der Waals surface area contributed by atoms with Crippen LogP contribution in [0.25, 0.3) is 0 Å². The highest BCUT2D eigenvalue weighted by Crippen LogP contribution is 2.49. The van der Waals surface area contributed by atoms with Gasteiger partial charge in [-0.2, -0.15) is 0 Å².